The maximum absolute atomic E-state index is 12.3. The van der Waals surface area contributed by atoms with E-state index in [2.05, 4.69) is 12.1 Å². The van der Waals surface area contributed by atoms with Crippen LogP contribution in [0.4, 0.5) is 0 Å². The second kappa shape index (κ2) is 10.8. The van der Waals surface area contributed by atoms with Gasteiger partial charge < -0.3 is 10.2 Å². The molecule has 0 amide bonds. The molecule has 0 radical (unpaired) electrons. The molecule has 0 fully saturated rings. The fourth-order valence-electron chi connectivity index (χ4n) is 4.24. The van der Waals surface area contributed by atoms with Crippen molar-refractivity contribution >= 4 is 6.21 Å². The summed E-state index contributed by atoms with van der Waals surface area (Å²) in [7, 11) is 0. The molecule has 4 aromatic carbocycles. The van der Waals surface area contributed by atoms with Crippen molar-refractivity contribution in [2.24, 2.45) is 4.99 Å². The van der Waals surface area contributed by atoms with Crippen LogP contribution in [0.2, 0.25) is 0 Å². The van der Waals surface area contributed by atoms with Crippen molar-refractivity contribution in [3.8, 4) is 5.75 Å². The highest BCUT2D eigenvalue weighted by molar-refractivity contribution is 5.83. The van der Waals surface area contributed by atoms with Crippen LogP contribution >= 0.6 is 0 Å². The number of aliphatic imine (C=N–C) groups is 1. The summed E-state index contributed by atoms with van der Waals surface area (Å²) < 4.78 is 0. The van der Waals surface area contributed by atoms with Crippen molar-refractivity contribution in [3.63, 3.8) is 0 Å². The van der Waals surface area contributed by atoms with E-state index in [1.54, 1.807) is 18.3 Å². The minimum Gasteiger partial charge on any atom is -0.507 e. The fraction of sp³-hybridized carbons (Fsp3) is 0.167. The standard InChI is InChI=1S/C30H29NO2/c32-28-21-11-10-16-25(28)23-31-29(22-12-15-24-13-4-1-5-14-24)30(33,26-17-6-2-7-18-26)27-19-8-3-9-20-27/h1-11,13-14,16-21,23,29,32-33H,12,15,22H2. The Bertz CT molecular complexity index is 1120. The molecule has 0 aliphatic rings. The number of hydrogen-bond donors (Lipinski definition) is 2. The predicted molar refractivity (Wildman–Crippen MR) is 135 cm³/mol. The zero-order chi connectivity index (χ0) is 22.9. The van der Waals surface area contributed by atoms with E-state index in [9.17, 15) is 10.2 Å². The average molecular weight is 436 g/mol. The molecule has 4 rings (SSSR count). The minimum atomic E-state index is -1.31. The Kier molecular flexibility index (Phi) is 7.33. The second-order valence-electron chi connectivity index (χ2n) is 8.23. The van der Waals surface area contributed by atoms with Gasteiger partial charge in [-0.1, -0.05) is 103 Å². The van der Waals surface area contributed by atoms with E-state index < -0.39 is 11.6 Å². The molecule has 0 heterocycles. The molecule has 33 heavy (non-hydrogen) atoms. The number of phenolic OH excluding ortho intramolecular Hbond substituents is 1. The lowest BCUT2D eigenvalue weighted by Crippen LogP contribution is -2.40. The second-order valence-corrected chi connectivity index (χ2v) is 8.23. The van der Waals surface area contributed by atoms with E-state index >= 15 is 0 Å². The number of benzene rings is 4. The Labute approximate surface area is 195 Å². The normalized spacial score (nSPS) is 12.6. The number of hydrogen-bond acceptors (Lipinski definition) is 3. The van der Waals surface area contributed by atoms with Crippen LogP contribution in [0.1, 0.15) is 35.1 Å². The molecule has 0 saturated heterocycles. The molecule has 3 heteroatoms. The zero-order valence-corrected chi connectivity index (χ0v) is 18.6. The Hall–Kier alpha value is -3.69. The maximum Gasteiger partial charge on any atom is 0.137 e. The SMILES string of the molecule is Oc1ccccc1C=NC(CCCc1ccccc1)C(O)(c1ccccc1)c1ccccc1. The molecule has 1 unspecified atom stereocenters. The first-order chi connectivity index (χ1) is 16.2. The van der Waals surface area contributed by atoms with Crippen molar-refractivity contribution in [2.45, 2.75) is 30.9 Å². The highest BCUT2D eigenvalue weighted by atomic mass is 16.3. The van der Waals surface area contributed by atoms with Crippen LogP contribution in [0.25, 0.3) is 0 Å². The molecule has 3 nitrogen and oxygen atoms in total. The molecule has 0 bridgehead atoms. The van der Waals surface area contributed by atoms with Gasteiger partial charge in [0.25, 0.3) is 0 Å². The van der Waals surface area contributed by atoms with Crippen LogP contribution in [-0.2, 0) is 12.0 Å². The Morgan fingerprint density at radius 2 is 1.21 bits per heavy atom. The Balaban J connectivity index is 1.72. The lowest BCUT2D eigenvalue weighted by molar-refractivity contribution is 0.0490. The fourth-order valence-corrected chi connectivity index (χ4v) is 4.24. The van der Waals surface area contributed by atoms with Gasteiger partial charge >= 0.3 is 0 Å². The zero-order valence-electron chi connectivity index (χ0n) is 18.6. The van der Waals surface area contributed by atoms with Crippen molar-refractivity contribution in [1.82, 2.24) is 0 Å². The first-order valence-corrected chi connectivity index (χ1v) is 11.4. The third kappa shape index (κ3) is 5.39. The first kappa shape index (κ1) is 22.5. The number of rotatable bonds is 9. The number of phenols is 1. The molecular formula is C30H29NO2. The smallest absolute Gasteiger partial charge is 0.137 e. The third-order valence-electron chi connectivity index (χ3n) is 6.03. The minimum absolute atomic E-state index is 0.173. The lowest BCUT2D eigenvalue weighted by atomic mass is 9.78. The van der Waals surface area contributed by atoms with Gasteiger partial charge in [0.1, 0.15) is 11.4 Å². The van der Waals surface area contributed by atoms with Crippen LogP contribution in [-0.4, -0.2) is 22.5 Å². The quantitative estimate of drug-likeness (QED) is 0.310. The number of aromatic hydroxyl groups is 1. The molecule has 0 aliphatic carbocycles. The summed E-state index contributed by atoms with van der Waals surface area (Å²) in [6, 6.07) is 36.5. The van der Waals surface area contributed by atoms with Gasteiger partial charge in [0.05, 0.1) is 6.04 Å². The largest absolute Gasteiger partial charge is 0.507 e. The van der Waals surface area contributed by atoms with E-state index in [-0.39, 0.29) is 5.75 Å². The third-order valence-corrected chi connectivity index (χ3v) is 6.03. The summed E-state index contributed by atoms with van der Waals surface area (Å²) >= 11 is 0. The van der Waals surface area contributed by atoms with Gasteiger partial charge in [-0.05, 0) is 48.1 Å². The van der Waals surface area contributed by atoms with Crippen molar-refractivity contribution in [3.05, 3.63) is 138 Å². The van der Waals surface area contributed by atoms with Crippen LogP contribution in [0, 0.1) is 0 Å². The Morgan fingerprint density at radius 3 is 1.79 bits per heavy atom. The van der Waals surface area contributed by atoms with Gasteiger partial charge in [-0.3, -0.25) is 4.99 Å². The van der Waals surface area contributed by atoms with Gasteiger partial charge in [0.2, 0.25) is 0 Å². The monoisotopic (exact) mass is 435 g/mol. The topological polar surface area (TPSA) is 52.8 Å². The molecule has 0 saturated carbocycles. The van der Waals surface area contributed by atoms with Gasteiger partial charge in [0, 0.05) is 11.8 Å². The van der Waals surface area contributed by atoms with E-state index in [0.29, 0.717) is 12.0 Å². The number of aryl methyl sites for hydroxylation is 1. The van der Waals surface area contributed by atoms with Crippen LogP contribution in [0.3, 0.4) is 0 Å². The summed E-state index contributed by atoms with van der Waals surface area (Å²) in [5.74, 6) is 0.173. The molecular weight excluding hydrogens is 406 g/mol. The van der Waals surface area contributed by atoms with Crippen molar-refractivity contribution < 1.29 is 10.2 Å². The van der Waals surface area contributed by atoms with Gasteiger partial charge in [-0.2, -0.15) is 0 Å². The number of para-hydroxylation sites is 1. The Morgan fingerprint density at radius 1 is 0.697 bits per heavy atom. The molecule has 2 N–H and O–H groups in total. The highest BCUT2D eigenvalue weighted by Crippen LogP contribution is 2.37. The van der Waals surface area contributed by atoms with Gasteiger partial charge in [-0.15, -0.1) is 0 Å². The molecule has 0 aromatic heterocycles. The molecule has 4 aromatic rings. The molecule has 166 valence electrons. The van der Waals surface area contributed by atoms with E-state index in [1.807, 2.05) is 91.0 Å². The summed E-state index contributed by atoms with van der Waals surface area (Å²) in [6.45, 7) is 0. The van der Waals surface area contributed by atoms with E-state index in [1.165, 1.54) is 5.56 Å². The summed E-state index contributed by atoms with van der Waals surface area (Å²) in [5, 5.41) is 22.5. The lowest BCUT2D eigenvalue weighted by Gasteiger charge is -2.35. The maximum atomic E-state index is 12.3. The first-order valence-electron chi connectivity index (χ1n) is 11.4. The van der Waals surface area contributed by atoms with Crippen LogP contribution < -0.4 is 0 Å². The number of aliphatic hydroxyl groups is 1. The van der Waals surface area contributed by atoms with E-state index in [4.69, 9.17) is 4.99 Å². The molecule has 0 spiro atoms. The highest BCUT2D eigenvalue weighted by Gasteiger charge is 2.39. The summed E-state index contributed by atoms with van der Waals surface area (Å²) in [4.78, 5) is 4.88. The van der Waals surface area contributed by atoms with Gasteiger partial charge in [-0.25, -0.2) is 0 Å². The van der Waals surface area contributed by atoms with Gasteiger partial charge in [0.15, 0.2) is 0 Å². The number of nitrogens with zero attached hydrogens (tertiary/aromatic N) is 1. The van der Waals surface area contributed by atoms with Crippen LogP contribution in [0.15, 0.2) is 120 Å². The average Bonchev–Trinajstić information content (AvgIpc) is 2.88. The molecule has 0 aliphatic heterocycles. The summed E-state index contributed by atoms with van der Waals surface area (Å²) in [6.07, 6.45) is 4.14. The van der Waals surface area contributed by atoms with Crippen molar-refractivity contribution in [1.29, 1.82) is 0 Å². The predicted octanol–water partition coefficient (Wildman–Crippen LogP) is 6.14. The van der Waals surface area contributed by atoms with E-state index in [0.717, 1.165) is 24.0 Å². The van der Waals surface area contributed by atoms with Crippen LogP contribution in [0.5, 0.6) is 5.75 Å². The summed E-state index contributed by atoms with van der Waals surface area (Å²) in [5.41, 5.74) is 2.20. The molecule has 1 atom stereocenters. The van der Waals surface area contributed by atoms with Crippen molar-refractivity contribution in [2.75, 3.05) is 0 Å².